The summed E-state index contributed by atoms with van der Waals surface area (Å²) < 4.78 is 5.78. The number of nitrogens with zero attached hydrogens (tertiary/aromatic N) is 3. The summed E-state index contributed by atoms with van der Waals surface area (Å²) in [7, 11) is 0. The molecule has 1 aromatic carbocycles. The van der Waals surface area contributed by atoms with Gasteiger partial charge in [0.2, 0.25) is 0 Å². The van der Waals surface area contributed by atoms with Gasteiger partial charge in [-0.1, -0.05) is 6.07 Å². The zero-order valence-corrected chi connectivity index (χ0v) is 16.6. The van der Waals surface area contributed by atoms with Crippen LogP contribution in [0.1, 0.15) is 34.3 Å². The van der Waals surface area contributed by atoms with Crippen molar-refractivity contribution >= 4 is 17.6 Å². The van der Waals surface area contributed by atoms with E-state index >= 15 is 0 Å². The van der Waals surface area contributed by atoms with Gasteiger partial charge in [0, 0.05) is 56.4 Å². The van der Waals surface area contributed by atoms with E-state index in [1.165, 1.54) is 0 Å². The van der Waals surface area contributed by atoms with E-state index in [4.69, 9.17) is 4.74 Å². The molecule has 1 atom stereocenters. The molecule has 2 aliphatic rings. The zero-order chi connectivity index (χ0) is 20.2. The van der Waals surface area contributed by atoms with E-state index in [1.807, 2.05) is 42.2 Å². The molecule has 152 valence electrons. The third-order valence-electron chi connectivity index (χ3n) is 5.46. The van der Waals surface area contributed by atoms with Gasteiger partial charge >= 0.3 is 6.03 Å². The Morgan fingerprint density at radius 1 is 1.31 bits per heavy atom. The maximum absolute atomic E-state index is 13.4. The predicted octanol–water partition coefficient (Wildman–Crippen LogP) is 2.74. The van der Waals surface area contributed by atoms with Crippen molar-refractivity contribution in [3.05, 3.63) is 59.4 Å². The Hall–Kier alpha value is -2.93. The van der Waals surface area contributed by atoms with Crippen molar-refractivity contribution in [1.29, 1.82) is 0 Å². The van der Waals surface area contributed by atoms with Crippen LogP contribution in [0, 0.1) is 6.92 Å². The third-order valence-corrected chi connectivity index (χ3v) is 5.46. The minimum absolute atomic E-state index is 0.0573. The van der Waals surface area contributed by atoms with Gasteiger partial charge in [-0.2, -0.15) is 0 Å². The van der Waals surface area contributed by atoms with Crippen LogP contribution in [0.4, 0.5) is 10.5 Å². The molecule has 3 amide bonds. The van der Waals surface area contributed by atoms with Crippen molar-refractivity contribution in [2.45, 2.75) is 32.4 Å². The summed E-state index contributed by atoms with van der Waals surface area (Å²) in [5, 5.41) is 2.82. The molecule has 0 saturated carbocycles. The average Bonchev–Trinajstić information content (AvgIpc) is 3.40. The van der Waals surface area contributed by atoms with E-state index in [1.54, 1.807) is 17.3 Å². The first kappa shape index (κ1) is 19.4. The van der Waals surface area contributed by atoms with Crippen molar-refractivity contribution in [3.63, 3.8) is 0 Å². The van der Waals surface area contributed by atoms with Gasteiger partial charge in [0.25, 0.3) is 5.91 Å². The summed E-state index contributed by atoms with van der Waals surface area (Å²) in [5.41, 5.74) is 3.36. The second kappa shape index (κ2) is 8.61. The number of benzene rings is 1. The molecule has 7 nitrogen and oxygen atoms in total. The van der Waals surface area contributed by atoms with E-state index < -0.39 is 0 Å². The fourth-order valence-corrected chi connectivity index (χ4v) is 3.88. The number of aryl methyl sites for hydroxylation is 1. The zero-order valence-electron chi connectivity index (χ0n) is 16.6. The highest BCUT2D eigenvalue weighted by atomic mass is 16.5. The van der Waals surface area contributed by atoms with E-state index in [0.717, 1.165) is 36.3 Å². The summed E-state index contributed by atoms with van der Waals surface area (Å²) in [6.07, 6.45) is 5.53. The number of amides is 3. The number of carbonyl (C=O) groups excluding carboxylic acids is 2. The molecule has 3 heterocycles. The van der Waals surface area contributed by atoms with Crippen LogP contribution in [-0.2, 0) is 11.3 Å². The Kier molecular flexibility index (Phi) is 5.76. The van der Waals surface area contributed by atoms with E-state index in [0.29, 0.717) is 31.7 Å². The lowest BCUT2D eigenvalue weighted by molar-refractivity contribution is 0.0507. The maximum Gasteiger partial charge on any atom is 0.322 e. The van der Waals surface area contributed by atoms with Gasteiger partial charge < -0.3 is 15.0 Å². The third kappa shape index (κ3) is 4.40. The smallest absolute Gasteiger partial charge is 0.322 e. The van der Waals surface area contributed by atoms with Gasteiger partial charge in [0.15, 0.2) is 0 Å². The molecule has 2 fully saturated rings. The maximum atomic E-state index is 13.4. The lowest BCUT2D eigenvalue weighted by Crippen LogP contribution is -2.37. The van der Waals surface area contributed by atoms with E-state index in [9.17, 15) is 9.59 Å². The molecule has 2 saturated heterocycles. The molecular formula is C22H26N4O3. The fourth-order valence-electron chi connectivity index (χ4n) is 3.88. The molecule has 0 aliphatic carbocycles. The van der Waals surface area contributed by atoms with Crippen molar-refractivity contribution < 1.29 is 14.3 Å². The first-order chi connectivity index (χ1) is 14.1. The SMILES string of the molecule is Cc1ccc(C(=O)N(Cc2ccncc2)CC2CCCO2)cc1N1CCNC1=O. The number of aromatic nitrogens is 1. The monoisotopic (exact) mass is 394 g/mol. The predicted molar refractivity (Wildman–Crippen MR) is 110 cm³/mol. The van der Waals surface area contributed by atoms with Gasteiger partial charge in [-0.25, -0.2) is 4.79 Å². The number of rotatable bonds is 6. The van der Waals surface area contributed by atoms with Gasteiger partial charge in [0.1, 0.15) is 0 Å². The number of carbonyl (C=O) groups is 2. The number of ether oxygens (including phenoxy) is 1. The van der Waals surface area contributed by atoms with E-state index in [2.05, 4.69) is 10.3 Å². The molecule has 0 bridgehead atoms. The van der Waals surface area contributed by atoms with Crippen LogP contribution >= 0.6 is 0 Å². The molecule has 7 heteroatoms. The Balaban J connectivity index is 1.60. The Morgan fingerprint density at radius 3 is 2.83 bits per heavy atom. The quantitative estimate of drug-likeness (QED) is 0.818. The van der Waals surface area contributed by atoms with Crippen molar-refractivity contribution in [1.82, 2.24) is 15.2 Å². The molecule has 0 spiro atoms. The Morgan fingerprint density at radius 2 is 2.14 bits per heavy atom. The van der Waals surface area contributed by atoms with Gasteiger partial charge in [-0.05, 0) is 55.2 Å². The van der Waals surface area contributed by atoms with Crippen molar-refractivity contribution in [3.8, 4) is 0 Å². The van der Waals surface area contributed by atoms with Gasteiger partial charge in [-0.15, -0.1) is 0 Å². The van der Waals surface area contributed by atoms with Crippen LogP contribution < -0.4 is 10.2 Å². The number of nitrogens with one attached hydrogen (secondary N) is 1. The van der Waals surface area contributed by atoms with Crippen LogP contribution in [0.5, 0.6) is 0 Å². The first-order valence-electron chi connectivity index (χ1n) is 10.1. The lowest BCUT2D eigenvalue weighted by Gasteiger charge is -2.26. The summed E-state index contributed by atoms with van der Waals surface area (Å²) in [6, 6.07) is 9.30. The normalized spacial score (nSPS) is 18.7. The van der Waals surface area contributed by atoms with Crippen LogP contribution in [0.25, 0.3) is 0 Å². The fraction of sp³-hybridized carbons (Fsp3) is 0.409. The highest BCUT2D eigenvalue weighted by molar-refractivity contribution is 5.99. The summed E-state index contributed by atoms with van der Waals surface area (Å²) >= 11 is 0. The minimum Gasteiger partial charge on any atom is -0.376 e. The topological polar surface area (TPSA) is 74.8 Å². The van der Waals surface area contributed by atoms with Gasteiger partial charge in [-0.3, -0.25) is 14.7 Å². The number of urea groups is 1. The molecule has 1 aromatic heterocycles. The van der Waals surface area contributed by atoms with Crippen molar-refractivity contribution in [2.75, 3.05) is 31.1 Å². The number of hydrogen-bond donors (Lipinski definition) is 1. The Bertz CT molecular complexity index is 881. The molecule has 1 N–H and O–H groups in total. The molecule has 0 radical (unpaired) electrons. The standard InChI is InChI=1S/C22H26N4O3/c1-16-4-5-18(13-20(16)26-11-10-24-22(26)28)21(27)25(15-19-3-2-12-29-19)14-17-6-8-23-9-7-17/h4-9,13,19H,2-3,10-12,14-15H2,1H3,(H,24,28). The highest BCUT2D eigenvalue weighted by Gasteiger charge is 2.26. The largest absolute Gasteiger partial charge is 0.376 e. The van der Waals surface area contributed by atoms with Crippen LogP contribution in [0.2, 0.25) is 0 Å². The molecule has 2 aliphatic heterocycles. The molecule has 1 unspecified atom stereocenters. The van der Waals surface area contributed by atoms with Crippen LogP contribution in [0.15, 0.2) is 42.7 Å². The number of hydrogen-bond acceptors (Lipinski definition) is 4. The molecular weight excluding hydrogens is 368 g/mol. The Labute approximate surface area is 170 Å². The molecule has 4 rings (SSSR count). The summed E-state index contributed by atoms with van der Waals surface area (Å²) in [5.74, 6) is -0.0573. The lowest BCUT2D eigenvalue weighted by atomic mass is 10.1. The molecule has 2 aromatic rings. The second-order valence-electron chi connectivity index (χ2n) is 7.56. The van der Waals surface area contributed by atoms with Crippen LogP contribution in [-0.4, -0.2) is 54.2 Å². The van der Waals surface area contributed by atoms with E-state index in [-0.39, 0.29) is 18.0 Å². The van der Waals surface area contributed by atoms with Gasteiger partial charge in [0.05, 0.1) is 6.10 Å². The molecule has 29 heavy (non-hydrogen) atoms. The number of anilines is 1. The average molecular weight is 394 g/mol. The van der Waals surface area contributed by atoms with Crippen LogP contribution in [0.3, 0.4) is 0 Å². The highest BCUT2D eigenvalue weighted by Crippen LogP contribution is 2.25. The second-order valence-corrected chi connectivity index (χ2v) is 7.56. The summed E-state index contributed by atoms with van der Waals surface area (Å²) in [6.45, 7) is 4.97. The number of pyridine rings is 1. The minimum atomic E-state index is -0.120. The van der Waals surface area contributed by atoms with Crippen molar-refractivity contribution in [2.24, 2.45) is 0 Å². The first-order valence-corrected chi connectivity index (χ1v) is 10.1. The summed E-state index contributed by atoms with van der Waals surface area (Å²) in [4.78, 5) is 33.1.